The van der Waals surface area contributed by atoms with Crippen molar-refractivity contribution in [3.63, 3.8) is 0 Å². The first-order valence-corrected chi connectivity index (χ1v) is 5.54. The van der Waals surface area contributed by atoms with Gasteiger partial charge in [-0.25, -0.2) is 4.79 Å². The number of carbonyl (C=O) groups is 2. The number of fused-ring (bicyclic) bond motifs is 1. The maximum absolute atomic E-state index is 11.4. The zero-order valence-electron chi connectivity index (χ0n) is 10.5. The van der Waals surface area contributed by atoms with Gasteiger partial charge in [-0.2, -0.15) is 0 Å². The minimum Gasteiger partial charge on any atom is -0.497 e. The molecule has 100 valence electrons. The number of aromatic carboxylic acids is 1. The minimum absolute atomic E-state index is 0.0358. The van der Waals surface area contributed by atoms with E-state index in [2.05, 4.69) is 4.74 Å². The summed E-state index contributed by atoms with van der Waals surface area (Å²) in [7, 11) is 2.79. The maximum Gasteiger partial charge on any atom is 0.352 e. The van der Waals surface area contributed by atoms with Crippen molar-refractivity contribution in [3.8, 4) is 5.75 Å². The third kappa shape index (κ3) is 2.37. The van der Waals surface area contributed by atoms with Crippen LogP contribution in [0.5, 0.6) is 5.75 Å². The van der Waals surface area contributed by atoms with Crippen LogP contribution in [0.4, 0.5) is 0 Å². The highest BCUT2D eigenvalue weighted by atomic mass is 16.5. The molecule has 0 unspecified atom stereocenters. The molecule has 2 rings (SSSR count). The predicted molar refractivity (Wildman–Crippen MR) is 67.5 cm³/mol. The highest BCUT2D eigenvalue weighted by Gasteiger charge is 2.17. The smallest absolute Gasteiger partial charge is 0.352 e. The summed E-state index contributed by atoms with van der Waals surface area (Å²) in [5.41, 5.74) is 0.678. The van der Waals surface area contributed by atoms with Crippen LogP contribution in [-0.2, 0) is 16.1 Å². The van der Waals surface area contributed by atoms with Crippen LogP contribution in [0.25, 0.3) is 10.9 Å². The Kier molecular flexibility index (Phi) is 3.41. The Bertz CT molecular complexity index is 644. The molecule has 0 amide bonds. The van der Waals surface area contributed by atoms with E-state index in [1.54, 1.807) is 18.2 Å². The van der Waals surface area contributed by atoms with E-state index in [-0.39, 0.29) is 12.2 Å². The number of ether oxygens (including phenoxy) is 2. The summed E-state index contributed by atoms with van der Waals surface area (Å²) >= 11 is 0. The lowest BCUT2D eigenvalue weighted by Gasteiger charge is -2.07. The first-order chi connectivity index (χ1) is 9.06. The van der Waals surface area contributed by atoms with Crippen LogP contribution in [0.2, 0.25) is 0 Å². The molecule has 1 aromatic heterocycles. The van der Waals surface area contributed by atoms with Gasteiger partial charge >= 0.3 is 11.9 Å². The largest absolute Gasteiger partial charge is 0.497 e. The van der Waals surface area contributed by atoms with Gasteiger partial charge in [0, 0.05) is 10.9 Å². The first-order valence-electron chi connectivity index (χ1n) is 5.54. The summed E-state index contributed by atoms with van der Waals surface area (Å²) in [6.07, 6.45) is 0. The van der Waals surface area contributed by atoms with Gasteiger partial charge in [-0.05, 0) is 24.3 Å². The van der Waals surface area contributed by atoms with Crippen molar-refractivity contribution < 1.29 is 24.2 Å². The minimum atomic E-state index is -1.10. The zero-order chi connectivity index (χ0) is 14.0. The summed E-state index contributed by atoms with van der Waals surface area (Å²) in [6, 6.07) is 6.64. The summed E-state index contributed by atoms with van der Waals surface area (Å²) < 4.78 is 11.1. The van der Waals surface area contributed by atoms with Crippen molar-refractivity contribution in [1.29, 1.82) is 0 Å². The topological polar surface area (TPSA) is 77.8 Å². The quantitative estimate of drug-likeness (QED) is 0.846. The average Bonchev–Trinajstić information content (AvgIpc) is 2.76. The third-order valence-electron chi connectivity index (χ3n) is 2.84. The van der Waals surface area contributed by atoms with Gasteiger partial charge < -0.3 is 19.1 Å². The number of rotatable bonds is 4. The second kappa shape index (κ2) is 5.01. The molecule has 0 spiro atoms. The zero-order valence-corrected chi connectivity index (χ0v) is 10.5. The van der Waals surface area contributed by atoms with Gasteiger partial charge in [0.15, 0.2) is 0 Å². The number of carboxylic acids is 1. The average molecular weight is 263 g/mol. The van der Waals surface area contributed by atoms with Crippen LogP contribution in [0, 0.1) is 0 Å². The lowest BCUT2D eigenvalue weighted by atomic mass is 10.2. The Morgan fingerprint density at radius 2 is 2.00 bits per heavy atom. The molecule has 0 fully saturated rings. The molecule has 6 nitrogen and oxygen atoms in total. The van der Waals surface area contributed by atoms with Gasteiger partial charge in [-0.15, -0.1) is 0 Å². The highest BCUT2D eigenvalue weighted by Crippen LogP contribution is 2.24. The van der Waals surface area contributed by atoms with Gasteiger partial charge in [-0.1, -0.05) is 0 Å². The van der Waals surface area contributed by atoms with Crippen LogP contribution in [0.1, 0.15) is 10.5 Å². The Hall–Kier alpha value is -2.50. The Morgan fingerprint density at radius 1 is 1.26 bits per heavy atom. The molecular weight excluding hydrogens is 250 g/mol. The van der Waals surface area contributed by atoms with E-state index in [9.17, 15) is 14.7 Å². The fraction of sp³-hybridized carbons (Fsp3) is 0.231. The number of hydrogen-bond acceptors (Lipinski definition) is 4. The molecule has 0 aliphatic heterocycles. The normalized spacial score (nSPS) is 10.4. The lowest BCUT2D eigenvalue weighted by Crippen LogP contribution is -2.16. The number of nitrogens with zero attached hydrogens (tertiary/aromatic N) is 1. The van der Waals surface area contributed by atoms with Crippen LogP contribution < -0.4 is 4.74 Å². The Labute approximate surface area is 109 Å². The second-order valence-corrected chi connectivity index (χ2v) is 3.92. The molecule has 0 saturated carbocycles. The van der Waals surface area contributed by atoms with Crippen molar-refractivity contribution in [1.82, 2.24) is 4.57 Å². The molecule has 0 aliphatic carbocycles. The van der Waals surface area contributed by atoms with Gasteiger partial charge in [0.05, 0.1) is 14.2 Å². The summed E-state index contributed by atoms with van der Waals surface area (Å²) in [6.45, 7) is -0.145. The standard InChI is InChI=1S/C13H13NO5/c1-18-9-3-4-10-8(5-9)6-11(13(16)17)14(10)7-12(15)19-2/h3-6H,7H2,1-2H3,(H,16,17). The number of aromatic nitrogens is 1. The van der Waals surface area contributed by atoms with Crippen LogP contribution in [-0.4, -0.2) is 35.8 Å². The number of hydrogen-bond donors (Lipinski definition) is 1. The molecule has 19 heavy (non-hydrogen) atoms. The summed E-state index contributed by atoms with van der Waals surface area (Å²) in [5.74, 6) is -0.977. The molecule has 0 atom stereocenters. The van der Waals surface area contributed by atoms with Crippen molar-refractivity contribution in [3.05, 3.63) is 30.0 Å². The number of esters is 1. The number of carboxylic acid groups (broad SMARTS) is 1. The fourth-order valence-corrected chi connectivity index (χ4v) is 1.92. The van der Waals surface area contributed by atoms with Crippen molar-refractivity contribution in [2.75, 3.05) is 14.2 Å². The van der Waals surface area contributed by atoms with E-state index in [0.717, 1.165) is 0 Å². The molecule has 0 saturated heterocycles. The van der Waals surface area contributed by atoms with Crippen molar-refractivity contribution in [2.24, 2.45) is 0 Å². The molecule has 6 heteroatoms. The Balaban J connectivity index is 2.60. The molecule has 0 bridgehead atoms. The van der Waals surface area contributed by atoms with E-state index in [0.29, 0.717) is 16.7 Å². The molecule has 1 heterocycles. The van der Waals surface area contributed by atoms with Gasteiger partial charge in [-0.3, -0.25) is 4.79 Å². The summed E-state index contributed by atoms with van der Waals surface area (Å²) in [5, 5.41) is 9.87. The SMILES string of the molecule is COC(=O)Cn1c(C(=O)O)cc2cc(OC)ccc21. The summed E-state index contributed by atoms with van der Waals surface area (Å²) in [4.78, 5) is 22.6. The fourth-order valence-electron chi connectivity index (χ4n) is 1.92. The molecule has 2 aromatic rings. The van der Waals surface area contributed by atoms with Crippen LogP contribution in [0.3, 0.4) is 0 Å². The third-order valence-corrected chi connectivity index (χ3v) is 2.84. The molecule has 0 radical (unpaired) electrons. The molecule has 0 aliphatic rings. The molecular formula is C13H13NO5. The molecule has 1 N–H and O–H groups in total. The maximum atomic E-state index is 11.4. The van der Waals surface area contributed by atoms with E-state index in [4.69, 9.17) is 4.74 Å². The number of benzene rings is 1. The van der Waals surface area contributed by atoms with E-state index in [1.807, 2.05) is 0 Å². The molecule has 1 aromatic carbocycles. The van der Waals surface area contributed by atoms with E-state index >= 15 is 0 Å². The predicted octanol–water partition coefficient (Wildman–Crippen LogP) is 1.52. The monoisotopic (exact) mass is 263 g/mol. The van der Waals surface area contributed by atoms with E-state index in [1.165, 1.54) is 24.9 Å². The van der Waals surface area contributed by atoms with Gasteiger partial charge in [0.1, 0.15) is 18.0 Å². The van der Waals surface area contributed by atoms with Crippen molar-refractivity contribution >= 4 is 22.8 Å². The van der Waals surface area contributed by atoms with Crippen LogP contribution >= 0.6 is 0 Å². The second-order valence-electron chi connectivity index (χ2n) is 3.92. The van der Waals surface area contributed by atoms with Crippen LogP contribution in [0.15, 0.2) is 24.3 Å². The van der Waals surface area contributed by atoms with Gasteiger partial charge in [0.2, 0.25) is 0 Å². The van der Waals surface area contributed by atoms with Gasteiger partial charge in [0.25, 0.3) is 0 Å². The lowest BCUT2D eigenvalue weighted by molar-refractivity contribution is -0.141. The van der Waals surface area contributed by atoms with Crippen molar-refractivity contribution in [2.45, 2.75) is 6.54 Å². The van der Waals surface area contributed by atoms with E-state index < -0.39 is 11.9 Å². The first kappa shape index (κ1) is 12.9. The Morgan fingerprint density at radius 3 is 2.58 bits per heavy atom. The number of methoxy groups -OCH3 is 2. The highest BCUT2D eigenvalue weighted by molar-refractivity contribution is 5.96. The number of carbonyl (C=O) groups excluding carboxylic acids is 1.